The first-order valence-electron chi connectivity index (χ1n) is 20.9. The minimum atomic E-state index is 0.561. The summed E-state index contributed by atoms with van der Waals surface area (Å²) < 4.78 is 4.34. The summed E-state index contributed by atoms with van der Waals surface area (Å²) in [5, 5.41) is 4.60. The van der Waals surface area contributed by atoms with E-state index < -0.39 is 0 Å². The largest absolute Gasteiger partial charge is 0.278 e. The zero-order valence-corrected chi connectivity index (χ0v) is 33.6. The van der Waals surface area contributed by atoms with Gasteiger partial charge in [-0.1, -0.05) is 182 Å². The highest BCUT2D eigenvalue weighted by molar-refractivity contribution is 6.10. The second-order valence-corrected chi connectivity index (χ2v) is 15.7. The second-order valence-electron chi connectivity index (χ2n) is 15.7. The molecular formula is C57H37N5. The van der Waals surface area contributed by atoms with Crippen molar-refractivity contribution in [2.45, 2.75) is 0 Å². The van der Waals surface area contributed by atoms with Gasteiger partial charge in [-0.15, -0.1) is 0 Å². The lowest BCUT2D eigenvalue weighted by Crippen LogP contribution is -2.10. The van der Waals surface area contributed by atoms with Gasteiger partial charge in [-0.25, -0.2) is 0 Å². The van der Waals surface area contributed by atoms with Gasteiger partial charge in [0.15, 0.2) is 5.82 Å². The van der Waals surface area contributed by atoms with Crippen LogP contribution >= 0.6 is 0 Å². The van der Waals surface area contributed by atoms with Gasteiger partial charge in [-0.3, -0.25) is 9.13 Å². The number of benzene rings is 9. The van der Waals surface area contributed by atoms with Crippen molar-refractivity contribution in [3.63, 3.8) is 0 Å². The van der Waals surface area contributed by atoms with Crippen LogP contribution in [0.5, 0.6) is 0 Å². The third-order valence-electron chi connectivity index (χ3n) is 12.0. The molecule has 5 nitrogen and oxygen atoms in total. The van der Waals surface area contributed by atoms with E-state index >= 15 is 0 Å². The van der Waals surface area contributed by atoms with Gasteiger partial charge in [0.05, 0.1) is 22.1 Å². The van der Waals surface area contributed by atoms with E-state index in [0.29, 0.717) is 17.7 Å². The molecule has 0 saturated heterocycles. The predicted molar refractivity (Wildman–Crippen MR) is 256 cm³/mol. The maximum Gasteiger partial charge on any atom is 0.240 e. The van der Waals surface area contributed by atoms with Crippen molar-refractivity contribution in [2.75, 3.05) is 0 Å². The third kappa shape index (κ3) is 5.98. The lowest BCUT2D eigenvalue weighted by atomic mass is 9.89. The Morgan fingerprint density at radius 2 is 0.581 bits per heavy atom. The van der Waals surface area contributed by atoms with Crippen LogP contribution in [0.15, 0.2) is 224 Å². The molecule has 0 aliphatic rings. The van der Waals surface area contributed by atoms with Gasteiger partial charge in [0.2, 0.25) is 11.9 Å². The van der Waals surface area contributed by atoms with Crippen molar-refractivity contribution in [3.05, 3.63) is 224 Å². The molecule has 0 atom stereocenters. The summed E-state index contributed by atoms with van der Waals surface area (Å²) in [4.78, 5) is 15.9. The fraction of sp³-hybridized carbons (Fsp3) is 0. The summed E-state index contributed by atoms with van der Waals surface area (Å²) >= 11 is 0. The highest BCUT2D eigenvalue weighted by atomic mass is 15.3. The molecule has 290 valence electrons. The maximum absolute atomic E-state index is 5.32. The standard InChI is InChI=1S/C57H37N5/c1-3-17-38(18-4-1)42-35-43(39-19-5-2-6-20-39)37-44(36-42)46-22-8-7-21-45(46)40-31-33-41(34-32-40)55-58-56(61-51-27-13-9-23-47(51)48-24-10-14-28-52(48)61)60-57(59-55)62-53-29-15-11-25-49(53)50-26-12-16-30-54(50)62/h1-37H. The number of hydrogen-bond donors (Lipinski definition) is 0. The van der Waals surface area contributed by atoms with Crippen molar-refractivity contribution < 1.29 is 0 Å². The molecule has 12 aromatic rings. The molecule has 0 radical (unpaired) electrons. The number of para-hydroxylation sites is 4. The molecule has 0 saturated carbocycles. The Kier molecular flexibility index (Phi) is 8.42. The number of rotatable bonds is 7. The number of fused-ring (bicyclic) bond motifs is 6. The fourth-order valence-corrected chi connectivity index (χ4v) is 9.12. The lowest BCUT2D eigenvalue weighted by molar-refractivity contribution is 0.893. The van der Waals surface area contributed by atoms with E-state index in [1.165, 1.54) is 22.3 Å². The van der Waals surface area contributed by atoms with E-state index in [1.807, 2.05) is 0 Å². The third-order valence-corrected chi connectivity index (χ3v) is 12.0. The molecular weight excluding hydrogens is 755 g/mol. The molecule has 0 N–H and O–H groups in total. The number of hydrogen-bond acceptors (Lipinski definition) is 3. The normalized spacial score (nSPS) is 11.5. The Hall–Kier alpha value is -8.41. The molecule has 5 heteroatoms. The zero-order chi connectivity index (χ0) is 41.0. The van der Waals surface area contributed by atoms with Gasteiger partial charge in [-0.05, 0) is 87.0 Å². The van der Waals surface area contributed by atoms with E-state index in [0.717, 1.165) is 71.4 Å². The van der Waals surface area contributed by atoms with Crippen LogP contribution in [0.1, 0.15) is 0 Å². The minimum Gasteiger partial charge on any atom is -0.278 e. The smallest absolute Gasteiger partial charge is 0.240 e. The topological polar surface area (TPSA) is 48.5 Å². The van der Waals surface area contributed by atoms with Gasteiger partial charge in [-0.2, -0.15) is 15.0 Å². The van der Waals surface area contributed by atoms with E-state index in [2.05, 4.69) is 234 Å². The fourth-order valence-electron chi connectivity index (χ4n) is 9.12. The molecule has 9 aromatic carbocycles. The van der Waals surface area contributed by atoms with Crippen LogP contribution in [0.3, 0.4) is 0 Å². The van der Waals surface area contributed by atoms with Crippen molar-refractivity contribution in [1.82, 2.24) is 24.1 Å². The van der Waals surface area contributed by atoms with Crippen LogP contribution in [0, 0.1) is 0 Å². The Morgan fingerprint density at radius 3 is 1.02 bits per heavy atom. The Bertz CT molecular complexity index is 3330. The van der Waals surface area contributed by atoms with E-state index in [9.17, 15) is 0 Å². The number of nitrogens with zero attached hydrogens (tertiary/aromatic N) is 5. The highest BCUT2D eigenvalue weighted by Gasteiger charge is 2.21. The molecule has 12 rings (SSSR count). The van der Waals surface area contributed by atoms with E-state index in [4.69, 9.17) is 15.0 Å². The molecule has 0 unspecified atom stereocenters. The van der Waals surface area contributed by atoms with Crippen LogP contribution in [0.25, 0.3) is 111 Å². The predicted octanol–water partition coefficient (Wildman–Crippen LogP) is 14.4. The van der Waals surface area contributed by atoms with Crippen molar-refractivity contribution in [3.8, 4) is 67.8 Å². The molecule has 0 aliphatic carbocycles. The first-order valence-corrected chi connectivity index (χ1v) is 20.9. The van der Waals surface area contributed by atoms with Gasteiger partial charge in [0, 0.05) is 27.1 Å². The molecule has 3 aromatic heterocycles. The summed E-state index contributed by atoms with van der Waals surface area (Å²) in [5.74, 6) is 1.72. The second kappa shape index (κ2) is 14.7. The SMILES string of the molecule is c1ccc(-c2cc(-c3ccccc3)cc(-c3ccccc3-c3ccc(-c4nc(-n5c6ccccc6c6ccccc65)nc(-n5c6ccccc6c6ccccc65)n4)cc3)c2)cc1. The molecule has 0 fully saturated rings. The summed E-state index contributed by atoms with van der Waals surface area (Å²) in [6.07, 6.45) is 0. The van der Waals surface area contributed by atoms with E-state index in [1.54, 1.807) is 0 Å². The summed E-state index contributed by atoms with van der Waals surface area (Å²) in [6, 6.07) is 79.4. The monoisotopic (exact) mass is 791 g/mol. The van der Waals surface area contributed by atoms with Gasteiger partial charge in [0.1, 0.15) is 0 Å². The summed E-state index contributed by atoms with van der Waals surface area (Å²) in [5.41, 5.74) is 14.4. The van der Waals surface area contributed by atoms with Gasteiger partial charge in [0.25, 0.3) is 0 Å². The molecule has 62 heavy (non-hydrogen) atoms. The maximum atomic E-state index is 5.32. The average molecular weight is 792 g/mol. The molecule has 0 spiro atoms. The molecule has 0 bridgehead atoms. The van der Waals surface area contributed by atoms with Crippen LogP contribution in [-0.4, -0.2) is 24.1 Å². The van der Waals surface area contributed by atoms with Crippen molar-refractivity contribution in [2.24, 2.45) is 0 Å². The Balaban J connectivity index is 1.03. The van der Waals surface area contributed by atoms with Gasteiger partial charge >= 0.3 is 0 Å². The first-order chi connectivity index (χ1) is 30.7. The zero-order valence-electron chi connectivity index (χ0n) is 33.6. The number of aromatic nitrogens is 5. The summed E-state index contributed by atoms with van der Waals surface area (Å²) in [6.45, 7) is 0. The van der Waals surface area contributed by atoms with Crippen LogP contribution < -0.4 is 0 Å². The first kappa shape index (κ1) is 35.5. The van der Waals surface area contributed by atoms with Crippen molar-refractivity contribution in [1.29, 1.82) is 0 Å². The highest BCUT2D eigenvalue weighted by Crippen LogP contribution is 2.39. The van der Waals surface area contributed by atoms with Crippen LogP contribution in [0.2, 0.25) is 0 Å². The van der Waals surface area contributed by atoms with Crippen LogP contribution in [0.4, 0.5) is 0 Å². The van der Waals surface area contributed by atoms with Crippen LogP contribution in [-0.2, 0) is 0 Å². The molecule has 0 aliphatic heterocycles. The Labute approximate surface area is 358 Å². The van der Waals surface area contributed by atoms with E-state index in [-0.39, 0.29) is 0 Å². The molecule has 0 amide bonds. The average Bonchev–Trinajstić information content (AvgIpc) is 3.88. The minimum absolute atomic E-state index is 0.561. The van der Waals surface area contributed by atoms with Crippen molar-refractivity contribution >= 4 is 43.6 Å². The van der Waals surface area contributed by atoms with Gasteiger partial charge < -0.3 is 0 Å². The Morgan fingerprint density at radius 1 is 0.242 bits per heavy atom. The molecule has 3 heterocycles. The summed E-state index contributed by atoms with van der Waals surface area (Å²) in [7, 11) is 0. The quantitative estimate of drug-likeness (QED) is 0.162. The lowest BCUT2D eigenvalue weighted by Gasteiger charge is -2.15.